The Balaban J connectivity index is 1.33. The molecule has 3 aliphatic rings. The number of aliphatic imine (C=N–C) groups is 1. The molecule has 4 rings (SSSR count). The van der Waals surface area contributed by atoms with Gasteiger partial charge in [-0.2, -0.15) is 0 Å². The first-order valence-corrected chi connectivity index (χ1v) is 9.98. The van der Waals surface area contributed by atoms with Gasteiger partial charge in [-0.1, -0.05) is 12.2 Å². The summed E-state index contributed by atoms with van der Waals surface area (Å²) in [5.74, 6) is 2.16. The van der Waals surface area contributed by atoms with E-state index in [0.717, 1.165) is 17.9 Å². The Kier molecular flexibility index (Phi) is 4.95. The third kappa shape index (κ3) is 3.21. The van der Waals surface area contributed by atoms with Crippen LogP contribution in [0.1, 0.15) is 30.7 Å². The number of aryl methyl sites for hydroxylation is 2. The highest BCUT2D eigenvalue weighted by molar-refractivity contribution is 6.06. The van der Waals surface area contributed by atoms with Crippen molar-refractivity contribution in [1.82, 2.24) is 20.5 Å². The standard InChI is InChI=1S/C20H27N5O3/c1-4-21-20(23-10-15-24-11(2)12(3)28-15)22-7-8-25-18(26)16-13-5-6-14(9-13)17(16)19(25)27/h5-6,13-14,16-17H,4,7-10H2,1-3H3,(H2,21,22,23). The van der Waals surface area contributed by atoms with E-state index in [1.54, 1.807) is 0 Å². The van der Waals surface area contributed by atoms with Crippen LogP contribution in [0.15, 0.2) is 21.6 Å². The molecule has 28 heavy (non-hydrogen) atoms. The first-order chi connectivity index (χ1) is 13.5. The van der Waals surface area contributed by atoms with Gasteiger partial charge in [-0.15, -0.1) is 0 Å². The Bertz CT molecular complexity index is 793. The maximum Gasteiger partial charge on any atom is 0.233 e. The number of carbonyl (C=O) groups excluding carboxylic acids is 2. The van der Waals surface area contributed by atoms with Crippen LogP contribution in [0.4, 0.5) is 0 Å². The van der Waals surface area contributed by atoms with Gasteiger partial charge >= 0.3 is 0 Å². The molecule has 4 atom stereocenters. The number of guanidine groups is 1. The van der Waals surface area contributed by atoms with E-state index >= 15 is 0 Å². The molecule has 1 aliphatic heterocycles. The highest BCUT2D eigenvalue weighted by Gasteiger charge is 2.58. The summed E-state index contributed by atoms with van der Waals surface area (Å²) in [6.07, 6.45) is 5.18. The van der Waals surface area contributed by atoms with Gasteiger partial charge in [0.15, 0.2) is 5.96 Å². The number of allylic oxidation sites excluding steroid dienone is 2. The predicted molar refractivity (Wildman–Crippen MR) is 103 cm³/mol. The van der Waals surface area contributed by atoms with Crippen molar-refractivity contribution in [2.75, 3.05) is 19.6 Å². The third-order valence-electron chi connectivity index (χ3n) is 5.98. The summed E-state index contributed by atoms with van der Waals surface area (Å²) in [5, 5.41) is 6.35. The molecule has 1 saturated carbocycles. The normalized spacial score (nSPS) is 28.4. The molecule has 0 aromatic carbocycles. The van der Waals surface area contributed by atoms with Crippen LogP contribution in [-0.2, 0) is 16.1 Å². The van der Waals surface area contributed by atoms with E-state index in [1.807, 2.05) is 20.8 Å². The Morgan fingerprint density at radius 1 is 1.21 bits per heavy atom. The molecule has 0 radical (unpaired) electrons. The molecule has 2 N–H and O–H groups in total. The van der Waals surface area contributed by atoms with Crippen molar-refractivity contribution in [3.63, 3.8) is 0 Å². The summed E-state index contributed by atoms with van der Waals surface area (Å²) in [6.45, 7) is 7.59. The zero-order valence-corrected chi connectivity index (χ0v) is 16.6. The van der Waals surface area contributed by atoms with Gasteiger partial charge < -0.3 is 15.1 Å². The van der Waals surface area contributed by atoms with Gasteiger partial charge in [0.2, 0.25) is 17.7 Å². The summed E-state index contributed by atoms with van der Waals surface area (Å²) in [6, 6.07) is 0. The molecule has 2 aliphatic carbocycles. The quantitative estimate of drug-likeness (QED) is 0.330. The predicted octanol–water partition coefficient (Wildman–Crippen LogP) is 1.15. The van der Waals surface area contributed by atoms with Gasteiger partial charge in [0.05, 0.1) is 17.5 Å². The molecular formula is C20H27N5O3. The molecule has 8 nitrogen and oxygen atoms in total. The minimum atomic E-state index is -0.138. The van der Waals surface area contributed by atoms with Crippen LogP contribution in [0.3, 0.4) is 0 Å². The van der Waals surface area contributed by atoms with Crippen molar-refractivity contribution in [3.8, 4) is 0 Å². The highest BCUT2D eigenvalue weighted by Crippen LogP contribution is 2.52. The van der Waals surface area contributed by atoms with Gasteiger partial charge in [-0.3, -0.25) is 14.5 Å². The molecule has 150 valence electrons. The molecule has 2 bridgehead atoms. The first-order valence-electron chi connectivity index (χ1n) is 9.98. The van der Waals surface area contributed by atoms with Crippen LogP contribution in [0.5, 0.6) is 0 Å². The smallest absolute Gasteiger partial charge is 0.233 e. The summed E-state index contributed by atoms with van der Waals surface area (Å²) >= 11 is 0. The number of oxazole rings is 1. The molecule has 4 unspecified atom stereocenters. The summed E-state index contributed by atoms with van der Waals surface area (Å²) in [7, 11) is 0. The zero-order chi connectivity index (χ0) is 19.8. The molecule has 2 amide bonds. The number of carbonyl (C=O) groups is 2. The number of nitrogens with one attached hydrogen (secondary N) is 2. The van der Waals surface area contributed by atoms with Crippen LogP contribution in [0.2, 0.25) is 0 Å². The van der Waals surface area contributed by atoms with Crippen LogP contribution >= 0.6 is 0 Å². The van der Waals surface area contributed by atoms with Crippen molar-refractivity contribution in [1.29, 1.82) is 0 Å². The van der Waals surface area contributed by atoms with Crippen LogP contribution < -0.4 is 10.6 Å². The van der Waals surface area contributed by atoms with E-state index in [0.29, 0.717) is 38.0 Å². The second kappa shape index (κ2) is 7.41. The Morgan fingerprint density at radius 2 is 1.89 bits per heavy atom. The number of aromatic nitrogens is 1. The average molecular weight is 385 g/mol. The fourth-order valence-electron chi connectivity index (χ4n) is 4.57. The van der Waals surface area contributed by atoms with Gasteiger partial charge in [0, 0.05) is 19.6 Å². The van der Waals surface area contributed by atoms with Crippen molar-refractivity contribution < 1.29 is 14.0 Å². The van der Waals surface area contributed by atoms with Crippen LogP contribution in [0, 0.1) is 37.5 Å². The lowest BCUT2D eigenvalue weighted by Gasteiger charge is -2.18. The SMILES string of the molecule is CCNC(=NCc1nc(C)c(C)o1)NCCN1C(=O)C2C3C=CC(C3)C2C1=O. The number of nitrogens with zero attached hydrogens (tertiary/aromatic N) is 3. The van der Waals surface area contributed by atoms with Crippen molar-refractivity contribution in [2.24, 2.45) is 28.7 Å². The van der Waals surface area contributed by atoms with E-state index in [9.17, 15) is 9.59 Å². The molecule has 0 spiro atoms. The number of rotatable bonds is 6. The Morgan fingerprint density at radius 3 is 2.46 bits per heavy atom. The average Bonchev–Trinajstić information content (AvgIpc) is 3.41. The lowest BCUT2D eigenvalue weighted by molar-refractivity contribution is -0.140. The van der Waals surface area contributed by atoms with Crippen molar-refractivity contribution in [2.45, 2.75) is 33.7 Å². The maximum atomic E-state index is 12.7. The number of amides is 2. The van der Waals surface area contributed by atoms with Gasteiger partial charge in [-0.05, 0) is 39.0 Å². The topological polar surface area (TPSA) is 99.8 Å². The number of hydrogen-bond acceptors (Lipinski definition) is 5. The lowest BCUT2D eigenvalue weighted by atomic mass is 9.85. The van der Waals surface area contributed by atoms with Crippen LogP contribution in [-0.4, -0.2) is 47.3 Å². The highest BCUT2D eigenvalue weighted by atomic mass is 16.4. The fraction of sp³-hybridized carbons (Fsp3) is 0.600. The largest absolute Gasteiger partial charge is 0.444 e. The molecule has 8 heteroatoms. The van der Waals surface area contributed by atoms with Crippen LogP contribution in [0.25, 0.3) is 0 Å². The van der Waals surface area contributed by atoms with E-state index in [1.165, 1.54) is 4.90 Å². The van der Waals surface area contributed by atoms with Gasteiger partial charge in [0.1, 0.15) is 12.3 Å². The van der Waals surface area contributed by atoms with Crippen molar-refractivity contribution >= 4 is 17.8 Å². The Labute approximate surface area is 164 Å². The van der Waals surface area contributed by atoms with E-state index < -0.39 is 0 Å². The number of fused-ring (bicyclic) bond motifs is 5. The molecular weight excluding hydrogens is 358 g/mol. The van der Waals surface area contributed by atoms with Crippen molar-refractivity contribution in [3.05, 3.63) is 29.5 Å². The third-order valence-corrected chi connectivity index (χ3v) is 5.98. The Hall–Kier alpha value is -2.64. The summed E-state index contributed by atoms with van der Waals surface area (Å²) in [5.41, 5.74) is 0.864. The fourth-order valence-corrected chi connectivity index (χ4v) is 4.57. The molecule has 1 saturated heterocycles. The van der Waals surface area contributed by atoms with Gasteiger partial charge in [0.25, 0.3) is 0 Å². The zero-order valence-electron chi connectivity index (χ0n) is 16.6. The lowest BCUT2D eigenvalue weighted by Crippen LogP contribution is -2.43. The monoisotopic (exact) mass is 385 g/mol. The minimum absolute atomic E-state index is 0.0127. The number of imide groups is 1. The molecule has 2 heterocycles. The molecule has 1 aromatic rings. The van der Waals surface area contributed by atoms with Gasteiger partial charge in [-0.25, -0.2) is 9.98 Å². The second-order valence-electron chi connectivity index (χ2n) is 7.70. The summed E-state index contributed by atoms with van der Waals surface area (Å²) < 4.78 is 5.55. The number of hydrogen-bond donors (Lipinski definition) is 2. The van der Waals surface area contributed by atoms with E-state index in [4.69, 9.17) is 4.42 Å². The summed E-state index contributed by atoms with van der Waals surface area (Å²) in [4.78, 5) is 35.6. The molecule has 1 aromatic heterocycles. The first kappa shape index (κ1) is 18.7. The minimum Gasteiger partial charge on any atom is -0.444 e. The molecule has 2 fully saturated rings. The second-order valence-corrected chi connectivity index (χ2v) is 7.70. The maximum absolute atomic E-state index is 12.7. The van der Waals surface area contributed by atoms with E-state index in [2.05, 4.69) is 32.8 Å². The number of likely N-dealkylation sites (tertiary alicyclic amines) is 1. The van der Waals surface area contributed by atoms with E-state index in [-0.39, 0.29) is 35.5 Å².